The largest absolute Gasteiger partial charge is 0.469 e. The molecule has 0 amide bonds. The van der Waals surface area contributed by atoms with Crippen LogP contribution in [0.5, 0.6) is 0 Å². The van der Waals surface area contributed by atoms with Crippen LogP contribution in [0.25, 0.3) is 0 Å². The van der Waals surface area contributed by atoms with Crippen LogP contribution in [0, 0.1) is 22.7 Å². The minimum Gasteiger partial charge on any atom is -0.469 e. The van der Waals surface area contributed by atoms with Gasteiger partial charge in [-0.2, -0.15) is 0 Å². The topological polar surface area (TPSA) is 223 Å². The minimum absolute atomic E-state index is 0.0389. The van der Waals surface area contributed by atoms with Crippen molar-refractivity contribution in [1.82, 2.24) is 0 Å². The van der Waals surface area contributed by atoms with Gasteiger partial charge < -0.3 is 58.3 Å². The van der Waals surface area contributed by atoms with Crippen molar-refractivity contribution in [2.24, 2.45) is 22.7 Å². The Hall–Kier alpha value is -3.22. The van der Waals surface area contributed by atoms with Gasteiger partial charge >= 0.3 is 23.9 Å². The second-order valence-electron chi connectivity index (χ2n) is 18.9. The Morgan fingerprint density at radius 3 is 2.25 bits per heavy atom. The molecule has 0 aromatic carbocycles. The van der Waals surface area contributed by atoms with Gasteiger partial charge in [0.05, 0.1) is 57.3 Å². The highest BCUT2D eigenvalue weighted by atomic mass is 16.7. The normalized spacial score (nSPS) is 36.7. The molecule has 63 heavy (non-hydrogen) atoms. The fourth-order valence-electron chi connectivity index (χ4n) is 9.31. The SMILES string of the molecule is CCC/C=C/C=C/C(=O)O[C@H]1[C@H](CC(=O)OC)C[C@H]2C[C@H]([C@@H](C)O)OC(=O)CCC[C@@H]3C[C@H](O[C@@H](C)O)C(C)(C)[C@](O)(C[C@@H]4CC(CC(=O)OC)CC(/C=C/C(C)(C)[C@]1(O)O2)O4)O3. The summed E-state index contributed by atoms with van der Waals surface area (Å²) in [7, 11) is 2.55. The van der Waals surface area contributed by atoms with Gasteiger partial charge in [-0.15, -0.1) is 0 Å². The lowest BCUT2D eigenvalue weighted by molar-refractivity contribution is -0.361. The average molecular weight is 895 g/mol. The number of allylic oxidation sites excluding steroid dienone is 3. The monoisotopic (exact) mass is 894 g/mol. The molecule has 4 N–H and O–H groups in total. The smallest absolute Gasteiger partial charge is 0.331 e. The number of rotatable bonds is 12. The van der Waals surface area contributed by atoms with Gasteiger partial charge in [0.1, 0.15) is 6.10 Å². The van der Waals surface area contributed by atoms with E-state index in [0.717, 1.165) is 12.8 Å². The number of hydrogen-bond acceptors (Lipinski definition) is 16. The number of methoxy groups -OCH3 is 2. The van der Waals surface area contributed by atoms with E-state index in [-0.39, 0.29) is 50.9 Å². The van der Waals surface area contributed by atoms with Crippen molar-refractivity contribution < 1.29 is 77.5 Å². The highest BCUT2D eigenvalue weighted by Gasteiger charge is 2.60. The van der Waals surface area contributed by atoms with Crippen molar-refractivity contribution in [3.63, 3.8) is 0 Å². The first-order valence-electron chi connectivity index (χ1n) is 22.6. The molecule has 4 rings (SSSR count). The molecule has 6 bridgehead atoms. The fraction of sp³-hybridized carbons (Fsp3) is 0.787. The van der Waals surface area contributed by atoms with E-state index in [4.69, 9.17) is 37.9 Å². The lowest BCUT2D eigenvalue weighted by Gasteiger charge is -2.54. The Morgan fingerprint density at radius 2 is 1.60 bits per heavy atom. The van der Waals surface area contributed by atoms with Crippen LogP contribution in [0.15, 0.2) is 36.5 Å². The summed E-state index contributed by atoms with van der Waals surface area (Å²) in [6.07, 6.45) is 4.59. The summed E-state index contributed by atoms with van der Waals surface area (Å²) < 4.78 is 47.7. The van der Waals surface area contributed by atoms with Crippen molar-refractivity contribution in [2.45, 2.75) is 199 Å². The quantitative estimate of drug-likeness (QED) is 0.0490. The number of carbonyl (C=O) groups is 4. The summed E-state index contributed by atoms with van der Waals surface area (Å²) in [6, 6.07) is 0. The maximum absolute atomic E-state index is 13.4. The first-order valence-corrected chi connectivity index (χ1v) is 22.6. The number of aliphatic hydroxyl groups excluding tert-OH is 2. The van der Waals surface area contributed by atoms with Crippen LogP contribution < -0.4 is 0 Å². The lowest BCUT2D eigenvalue weighted by Crippen LogP contribution is -2.64. The molecule has 0 aliphatic carbocycles. The number of ether oxygens (including phenoxy) is 8. The first-order chi connectivity index (χ1) is 29.6. The highest BCUT2D eigenvalue weighted by molar-refractivity contribution is 5.82. The van der Waals surface area contributed by atoms with E-state index in [1.807, 2.05) is 13.0 Å². The third-order valence-electron chi connectivity index (χ3n) is 13.2. The molecule has 2 unspecified atom stereocenters. The second-order valence-corrected chi connectivity index (χ2v) is 18.9. The molecule has 0 radical (unpaired) electrons. The second kappa shape index (κ2) is 22.8. The Balaban J connectivity index is 1.83. The molecule has 16 nitrogen and oxygen atoms in total. The van der Waals surface area contributed by atoms with Gasteiger partial charge in [0.15, 0.2) is 18.2 Å². The van der Waals surface area contributed by atoms with E-state index in [9.17, 15) is 39.6 Å². The third-order valence-corrected chi connectivity index (χ3v) is 13.2. The molecular weight excluding hydrogens is 821 g/mol. The highest BCUT2D eigenvalue weighted by Crippen LogP contribution is 2.51. The minimum atomic E-state index is -2.33. The summed E-state index contributed by atoms with van der Waals surface area (Å²) in [4.78, 5) is 52.5. The first kappa shape index (κ1) is 52.4. The van der Waals surface area contributed by atoms with Gasteiger partial charge in [-0.25, -0.2) is 4.79 Å². The molecule has 0 aromatic heterocycles. The Labute approximate surface area is 372 Å². The molecule has 4 aliphatic rings. The van der Waals surface area contributed by atoms with E-state index < -0.39 is 107 Å². The van der Waals surface area contributed by atoms with Gasteiger partial charge in [0, 0.05) is 54.9 Å². The molecule has 4 aliphatic heterocycles. The molecule has 3 fully saturated rings. The molecule has 3 saturated heterocycles. The van der Waals surface area contributed by atoms with Crippen LogP contribution in [0.3, 0.4) is 0 Å². The number of cyclic esters (lactones) is 1. The predicted molar refractivity (Wildman–Crippen MR) is 228 cm³/mol. The average Bonchev–Trinajstić information content (AvgIpc) is 3.19. The van der Waals surface area contributed by atoms with Crippen LogP contribution in [0.1, 0.15) is 132 Å². The Morgan fingerprint density at radius 1 is 0.905 bits per heavy atom. The number of hydrogen-bond donors (Lipinski definition) is 4. The Kier molecular flexibility index (Phi) is 19.0. The maximum atomic E-state index is 13.4. The van der Waals surface area contributed by atoms with E-state index in [1.165, 1.54) is 40.2 Å². The number of carbonyl (C=O) groups excluding carboxylic acids is 4. The van der Waals surface area contributed by atoms with Crippen LogP contribution in [-0.4, -0.2) is 125 Å². The summed E-state index contributed by atoms with van der Waals surface area (Å²) >= 11 is 0. The zero-order valence-corrected chi connectivity index (χ0v) is 38.7. The number of fused-ring (bicyclic) bond motifs is 6. The van der Waals surface area contributed by atoms with Crippen molar-refractivity contribution in [2.75, 3.05) is 14.2 Å². The Bertz CT molecular complexity index is 1620. The van der Waals surface area contributed by atoms with Crippen molar-refractivity contribution in [1.29, 1.82) is 0 Å². The molecule has 13 atom stereocenters. The van der Waals surface area contributed by atoms with Gasteiger partial charge in [-0.05, 0) is 58.3 Å². The zero-order valence-electron chi connectivity index (χ0n) is 38.7. The van der Waals surface area contributed by atoms with Crippen LogP contribution >= 0.6 is 0 Å². The standard InChI is InChI=1S/C47H74O16/c1-10-11-12-13-14-17-40(51)61-43-32(25-42(53)57-9)24-35-26-37(29(2)48)60-39(50)18-15-16-34-27-38(58-30(3)49)45(6,7)46(54,62-34)28-36-22-31(23-41(52)56-8)21-33(59-36)19-20-44(4,5)47(43,55)63-35/h12-14,17,19-20,29-38,43,48-49,54-55H,10-11,15-16,18,21-28H2,1-9H3/b13-12+,17-14+,20-19+/t29-,30+,31?,32+,33?,34-,35+,36+,37-,38+,43+,46+,47-/m1/s1. The van der Waals surface area contributed by atoms with E-state index in [2.05, 4.69) is 0 Å². The van der Waals surface area contributed by atoms with Crippen molar-refractivity contribution in [3.8, 4) is 0 Å². The molecule has 0 spiro atoms. The summed E-state index contributed by atoms with van der Waals surface area (Å²) in [5.41, 5.74) is -2.48. The van der Waals surface area contributed by atoms with Gasteiger partial charge in [-0.3, -0.25) is 14.4 Å². The number of esters is 4. The zero-order chi connectivity index (χ0) is 46.8. The van der Waals surface area contributed by atoms with Gasteiger partial charge in [0.25, 0.3) is 0 Å². The number of aliphatic hydroxyl groups is 4. The summed E-state index contributed by atoms with van der Waals surface area (Å²) in [6.45, 7) is 11.9. The van der Waals surface area contributed by atoms with Crippen molar-refractivity contribution in [3.05, 3.63) is 36.5 Å². The number of unbranched alkanes of at least 4 members (excludes halogenated alkanes) is 1. The van der Waals surface area contributed by atoms with Gasteiger partial charge in [-0.1, -0.05) is 71.4 Å². The lowest BCUT2D eigenvalue weighted by atomic mass is 9.70. The summed E-state index contributed by atoms with van der Waals surface area (Å²) in [5.74, 6) is -7.71. The van der Waals surface area contributed by atoms with Crippen LogP contribution in [-0.2, 0) is 57.1 Å². The van der Waals surface area contributed by atoms with E-state index in [1.54, 1.807) is 45.9 Å². The van der Waals surface area contributed by atoms with Crippen molar-refractivity contribution >= 4 is 23.9 Å². The predicted octanol–water partition coefficient (Wildman–Crippen LogP) is 5.26. The maximum Gasteiger partial charge on any atom is 0.331 e. The summed E-state index contributed by atoms with van der Waals surface area (Å²) in [5, 5.41) is 46.8. The molecule has 16 heteroatoms. The molecule has 358 valence electrons. The van der Waals surface area contributed by atoms with E-state index in [0.29, 0.717) is 25.7 Å². The van der Waals surface area contributed by atoms with Crippen LogP contribution in [0.2, 0.25) is 0 Å². The molecule has 0 aromatic rings. The molecule has 0 saturated carbocycles. The third kappa shape index (κ3) is 13.9. The van der Waals surface area contributed by atoms with Gasteiger partial charge in [0.2, 0.25) is 5.79 Å². The van der Waals surface area contributed by atoms with E-state index >= 15 is 0 Å². The van der Waals surface area contributed by atoms with Crippen LogP contribution in [0.4, 0.5) is 0 Å². The fourth-order valence-corrected chi connectivity index (χ4v) is 9.31. The molecule has 4 heterocycles. The molecular formula is C47H74O16.